The minimum Gasteiger partial charge on any atom is -0.478 e. The summed E-state index contributed by atoms with van der Waals surface area (Å²) in [7, 11) is 0. The summed E-state index contributed by atoms with van der Waals surface area (Å²) >= 11 is 8.17. The molecule has 5 nitrogen and oxygen atoms in total. The highest BCUT2D eigenvalue weighted by atomic mass is 79.9. The zero-order valence-electron chi connectivity index (χ0n) is 8.18. The molecule has 1 aromatic heterocycles. The number of pyridine rings is 1. The number of carbonyl (C=O) groups excluding carboxylic acids is 1. The minimum atomic E-state index is -5.14. The fourth-order valence-corrected chi connectivity index (χ4v) is 1.76. The van der Waals surface area contributed by atoms with Crippen LogP contribution in [0, 0.1) is 0 Å². The number of alkyl halides is 3. The van der Waals surface area contributed by atoms with E-state index in [9.17, 15) is 22.8 Å². The number of anilines is 1. The number of halogens is 5. The van der Waals surface area contributed by atoms with Gasteiger partial charge in [0.1, 0.15) is 9.76 Å². The normalized spacial score (nSPS) is 11.2. The SMILES string of the molecule is O=C(O)c1cc(Cl)nc(Br)c1NC(=O)C(F)(F)F. The zero-order chi connectivity index (χ0) is 14.1. The molecule has 0 aliphatic heterocycles. The molecular weight excluding hydrogens is 344 g/mol. The van der Waals surface area contributed by atoms with Crippen molar-refractivity contribution in [3.05, 3.63) is 21.4 Å². The molecule has 10 heteroatoms. The number of carboxylic acids is 1. The Hall–Kier alpha value is -1.35. The third kappa shape index (κ3) is 3.33. The van der Waals surface area contributed by atoms with Crippen LogP contribution in [0.15, 0.2) is 10.7 Å². The van der Waals surface area contributed by atoms with E-state index in [1.165, 1.54) is 5.32 Å². The number of carbonyl (C=O) groups is 2. The Bertz CT molecular complexity index is 521. The van der Waals surface area contributed by atoms with Crippen molar-refractivity contribution in [1.82, 2.24) is 4.98 Å². The van der Waals surface area contributed by atoms with Crippen LogP contribution in [0.4, 0.5) is 18.9 Å². The lowest BCUT2D eigenvalue weighted by Crippen LogP contribution is -2.31. The Morgan fingerprint density at radius 3 is 2.44 bits per heavy atom. The first-order valence-corrected chi connectivity index (χ1v) is 5.27. The summed E-state index contributed by atoms with van der Waals surface area (Å²) in [5.41, 5.74) is -1.23. The van der Waals surface area contributed by atoms with Crippen molar-refractivity contribution in [2.45, 2.75) is 6.18 Å². The molecule has 1 heterocycles. The number of nitrogens with one attached hydrogen (secondary N) is 1. The van der Waals surface area contributed by atoms with Crippen molar-refractivity contribution < 1.29 is 27.9 Å². The molecule has 0 saturated carbocycles. The van der Waals surface area contributed by atoms with E-state index < -0.39 is 29.3 Å². The third-order valence-electron chi connectivity index (χ3n) is 1.67. The highest BCUT2D eigenvalue weighted by Crippen LogP contribution is 2.29. The van der Waals surface area contributed by atoms with Crippen LogP contribution in [0.25, 0.3) is 0 Å². The molecule has 0 fully saturated rings. The molecule has 0 atom stereocenters. The number of rotatable bonds is 2. The molecule has 0 unspecified atom stereocenters. The summed E-state index contributed by atoms with van der Waals surface area (Å²) in [6, 6.07) is 0.820. The number of nitrogens with zero attached hydrogens (tertiary/aromatic N) is 1. The highest BCUT2D eigenvalue weighted by Gasteiger charge is 2.39. The molecule has 0 radical (unpaired) electrons. The molecule has 0 aliphatic carbocycles. The van der Waals surface area contributed by atoms with Crippen LogP contribution >= 0.6 is 27.5 Å². The Morgan fingerprint density at radius 2 is 2.00 bits per heavy atom. The van der Waals surface area contributed by atoms with Gasteiger partial charge in [-0.25, -0.2) is 9.78 Å². The summed E-state index contributed by atoms with van der Waals surface area (Å²) in [4.78, 5) is 25.0. The highest BCUT2D eigenvalue weighted by molar-refractivity contribution is 9.10. The van der Waals surface area contributed by atoms with Crippen LogP contribution in [0.2, 0.25) is 5.15 Å². The van der Waals surface area contributed by atoms with E-state index in [2.05, 4.69) is 20.9 Å². The topological polar surface area (TPSA) is 79.3 Å². The lowest BCUT2D eigenvalue weighted by Gasteiger charge is -2.11. The van der Waals surface area contributed by atoms with Gasteiger partial charge in [0.2, 0.25) is 0 Å². The monoisotopic (exact) mass is 346 g/mol. The Morgan fingerprint density at radius 1 is 1.44 bits per heavy atom. The molecule has 0 bridgehead atoms. The summed E-state index contributed by atoms with van der Waals surface area (Å²) in [6.07, 6.45) is -5.14. The fourth-order valence-electron chi connectivity index (χ4n) is 0.956. The van der Waals surface area contributed by atoms with E-state index in [1.54, 1.807) is 0 Å². The van der Waals surface area contributed by atoms with Crippen molar-refractivity contribution in [2.24, 2.45) is 0 Å². The second-order valence-corrected chi connectivity index (χ2v) is 4.05. The first kappa shape index (κ1) is 14.7. The van der Waals surface area contributed by atoms with Gasteiger partial charge in [-0.05, 0) is 22.0 Å². The number of hydrogen-bond donors (Lipinski definition) is 2. The summed E-state index contributed by atoms with van der Waals surface area (Å²) < 4.78 is 35.9. The molecule has 1 aromatic rings. The second kappa shape index (κ2) is 5.11. The van der Waals surface area contributed by atoms with Gasteiger partial charge in [0, 0.05) is 0 Å². The van der Waals surface area contributed by atoms with Gasteiger partial charge in [0.05, 0.1) is 11.3 Å². The first-order chi connectivity index (χ1) is 8.12. The van der Waals surface area contributed by atoms with Gasteiger partial charge in [-0.3, -0.25) is 4.79 Å². The van der Waals surface area contributed by atoms with E-state index in [0.717, 1.165) is 6.07 Å². The van der Waals surface area contributed by atoms with E-state index in [4.69, 9.17) is 16.7 Å². The molecule has 0 saturated heterocycles. The smallest absolute Gasteiger partial charge is 0.471 e. The first-order valence-electron chi connectivity index (χ1n) is 4.10. The average molecular weight is 347 g/mol. The molecule has 1 rings (SSSR count). The second-order valence-electron chi connectivity index (χ2n) is 2.92. The molecule has 18 heavy (non-hydrogen) atoms. The molecule has 0 spiro atoms. The van der Waals surface area contributed by atoms with Crippen LogP contribution in [-0.4, -0.2) is 28.1 Å². The Balaban J connectivity index is 3.24. The Labute approximate surface area is 111 Å². The molecule has 0 aromatic carbocycles. The summed E-state index contributed by atoms with van der Waals surface area (Å²) in [6.45, 7) is 0. The number of aromatic nitrogens is 1. The largest absolute Gasteiger partial charge is 0.478 e. The van der Waals surface area contributed by atoms with Crippen molar-refractivity contribution in [1.29, 1.82) is 0 Å². The van der Waals surface area contributed by atoms with Gasteiger partial charge in [-0.1, -0.05) is 11.6 Å². The van der Waals surface area contributed by atoms with Gasteiger partial charge >= 0.3 is 18.1 Å². The minimum absolute atomic E-state index is 0.246. The number of amides is 1. The van der Waals surface area contributed by atoms with Crippen LogP contribution in [0.5, 0.6) is 0 Å². The molecule has 0 aliphatic rings. The molecular formula is C8H3BrClF3N2O3. The zero-order valence-corrected chi connectivity index (χ0v) is 10.5. The van der Waals surface area contributed by atoms with Crippen LogP contribution < -0.4 is 5.32 Å². The lowest BCUT2D eigenvalue weighted by atomic mass is 10.2. The van der Waals surface area contributed by atoms with Crippen LogP contribution in [-0.2, 0) is 4.79 Å². The van der Waals surface area contributed by atoms with Gasteiger partial charge in [-0.2, -0.15) is 13.2 Å². The van der Waals surface area contributed by atoms with Gasteiger partial charge < -0.3 is 10.4 Å². The molecule has 1 amide bonds. The lowest BCUT2D eigenvalue weighted by molar-refractivity contribution is -0.167. The number of aromatic carboxylic acids is 1. The van der Waals surface area contributed by atoms with Crippen LogP contribution in [0.3, 0.4) is 0 Å². The van der Waals surface area contributed by atoms with Gasteiger partial charge in [-0.15, -0.1) is 0 Å². The van der Waals surface area contributed by atoms with E-state index in [1.807, 2.05) is 0 Å². The molecule has 2 N–H and O–H groups in total. The maximum absolute atomic E-state index is 12.1. The number of hydrogen-bond acceptors (Lipinski definition) is 3. The maximum Gasteiger partial charge on any atom is 0.471 e. The van der Waals surface area contributed by atoms with Crippen molar-refractivity contribution >= 4 is 45.1 Å². The summed E-state index contributed by atoms with van der Waals surface area (Å²) in [5, 5.41) is 9.96. The fraction of sp³-hybridized carbons (Fsp3) is 0.125. The molecule has 98 valence electrons. The predicted octanol–water partition coefficient (Wildman–Crippen LogP) is 2.70. The quantitative estimate of drug-likeness (QED) is 0.806. The summed E-state index contributed by atoms with van der Waals surface area (Å²) in [5.74, 6) is -3.87. The predicted molar refractivity (Wildman–Crippen MR) is 58.6 cm³/mol. The standard InChI is InChI=1S/C8H3BrClF3N2O3/c9-5-4(15-7(18)8(11,12)13)2(6(16)17)1-3(10)14-5/h1H,(H,15,18)(H,16,17). The van der Waals surface area contributed by atoms with E-state index >= 15 is 0 Å². The van der Waals surface area contributed by atoms with Gasteiger partial charge in [0.25, 0.3) is 0 Å². The Kier molecular flexibility index (Phi) is 4.17. The van der Waals surface area contributed by atoms with E-state index in [0.29, 0.717) is 0 Å². The third-order valence-corrected chi connectivity index (χ3v) is 2.44. The average Bonchev–Trinajstić information content (AvgIpc) is 2.19. The van der Waals surface area contributed by atoms with Gasteiger partial charge in [0.15, 0.2) is 0 Å². The van der Waals surface area contributed by atoms with Crippen molar-refractivity contribution in [3.63, 3.8) is 0 Å². The van der Waals surface area contributed by atoms with Crippen molar-refractivity contribution in [3.8, 4) is 0 Å². The van der Waals surface area contributed by atoms with Crippen molar-refractivity contribution in [2.75, 3.05) is 5.32 Å². The number of carboxylic acid groups (broad SMARTS) is 1. The van der Waals surface area contributed by atoms with E-state index in [-0.39, 0.29) is 9.76 Å². The maximum atomic E-state index is 12.1. The van der Waals surface area contributed by atoms with Crippen LogP contribution in [0.1, 0.15) is 10.4 Å².